The first-order valence-corrected chi connectivity index (χ1v) is 7.81. The fourth-order valence-electron chi connectivity index (χ4n) is 2.29. The van der Waals surface area contributed by atoms with Crippen LogP contribution in [0.1, 0.15) is 63.9 Å². The number of benzene rings is 1. The van der Waals surface area contributed by atoms with Gasteiger partial charge >= 0.3 is 0 Å². The average molecular weight is 273 g/mol. The lowest BCUT2D eigenvalue weighted by molar-refractivity contribution is 0.581. The van der Waals surface area contributed by atoms with Gasteiger partial charge in [-0.15, -0.1) is 0 Å². The minimum atomic E-state index is 0.629. The Balaban J connectivity index is 2.11. The summed E-state index contributed by atoms with van der Waals surface area (Å²) in [6.07, 6.45) is 10.5. The van der Waals surface area contributed by atoms with Gasteiger partial charge in [-0.05, 0) is 24.6 Å². The topological polar surface area (TPSA) is 61.8 Å². The van der Waals surface area contributed by atoms with Crippen LogP contribution in [-0.4, -0.2) is 6.54 Å². The second kappa shape index (κ2) is 10.1. The molecule has 0 saturated heterocycles. The third-order valence-corrected chi connectivity index (χ3v) is 3.51. The number of nitrogen functional groups attached to an aromatic ring is 1. The number of anilines is 2. The quantitative estimate of drug-likeness (QED) is 0.480. The van der Waals surface area contributed by atoms with E-state index in [-0.39, 0.29) is 0 Å². The van der Waals surface area contributed by atoms with Crippen molar-refractivity contribution in [3.8, 4) is 6.07 Å². The molecule has 1 aromatic carbocycles. The molecule has 0 saturated carbocycles. The van der Waals surface area contributed by atoms with Crippen molar-refractivity contribution in [3.63, 3.8) is 0 Å². The van der Waals surface area contributed by atoms with Crippen LogP contribution in [0.25, 0.3) is 0 Å². The van der Waals surface area contributed by atoms with Gasteiger partial charge in [-0.3, -0.25) is 0 Å². The maximum Gasteiger partial charge on any atom is 0.101 e. The summed E-state index contributed by atoms with van der Waals surface area (Å²) >= 11 is 0. The molecule has 110 valence electrons. The fourth-order valence-corrected chi connectivity index (χ4v) is 2.29. The van der Waals surface area contributed by atoms with Gasteiger partial charge in [0.2, 0.25) is 0 Å². The van der Waals surface area contributed by atoms with Crippen molar-refractivity contribution in [2.75, 3.05) is 17.6 Å². The van der Waals surface area contributed by atoms with Crippen molar-refractivity contribution in [3.05, 3.63) is 23.8 Å². The predicted octanol–water partition coefficient (Wildman–Crippen LogP) is 4.69. The molecule has 20 heavy (non-hydrogen) atoms. The van der Waals surface area contributed by atoms with Gasteiger partial charge in [0, 0.05) is 12.2 Å². The second-order valence-electron chi connectivity index (χ2n) is 5.32. The summed E-state index contributed by atoms with van der Waals surface area (Å²) in [4.78, 5) is 0. The molecule has 0 heterocycles. The highest BCUT2D eigenvalue weighted by Crippen LogP contribution is 2.18. The first kappa shape index (κ1) is 16.4. The van der Waals surface area contributed by atoms with Gasteiger partial charge in [-0.1, -0.05) is 51.9 Å². The molecule has 3 heteroatoms. The lowest BCUT2D eigenvalue weighted by atomic mass is 10.1. The molecule has 3 nitrogen and oxygen atoms in total. The standard InChI is InChI=1S/C17H27N3/c1-2-3-4-5-6-7-8-9-12-20-17-11-10-16(19)13-15(17)14-18/h10-11,13,20H,2-9,12,19H2,1H3. The van der Waals surface area contributed by atoms with E-state index >= 15 is 0 Å². The molecule has 0 aliphatic heterocycles. The van der Waals surface area contributed by atoms with E-state index in [4.69, 9.17) is 11.0 Å². The summed E-state index contributed by atoms with van der Waals surface area (Å²) in [5.74, 6) is 0. The van der Waals surface area contributed by atoms with Crippen LogP contribution in [-0.2, 0) is 0 Å². The van der Waals surface area contributed by atoms with Gasteiger partial charge in [0.15, 0.2) is 0 Å². The van der Waals surface area contributed by atoms with Crippen molar-refractivity contribution < 1.29 is 0 Å². The molecular formula is C17H27N3. The lowest BCUT2D eigenvalue weighted by Crippen LogP contribution is -2.03. The second-order valence-corrected chi connectivity index (χ2v) is 5.32. The molecule has 0 aromatic heterocycles. The zero-order chi connectivity index (χ0) is 14.6. The lowest BCUT2D eigenvalue weighted by Gasteiger charge is -2.08. The van der Waals surface area contributed by atoms with E-state index in [0.29, 0.717) is 11.3 Å². The van der Waals surface area contributed by atoms with Gasteiger partial charge in [0.05, 0.1) is 11.3 Å². The smallest absolute Gasteiger partial charge is 0.101 e. The van der Waals surface area contributed by atoms with E-state index in [2.05, 4.69) is 18.3 Å². The van der Waals surface area contributed by atoms with Gasteiger partial charge < -0.3 is 11.1 Å². The van der Waals surface area contributed by atoms with Crippen molar-refractivity contribution in [1.82, 2.24) is 0 Å². The Morgan fingerprint density at radius 1 is 1.05 bits per heavy atom. The van der Waals surface area contributed by atoms with Gasteiger partial charge in [0.25, 0.3) is 0 Å². The monoisotopic (exact) mass is 273 g/mol. The minimum Gasteiger partial charge on any atom is -0.399 e. The molecule has 0 radical (unpaired) electrons. The van der Waals surface area contributed by atoms with Crippen molar-refractivity contribution >= 4 is 11.4 Å². The van der Waals surface area contributed by atoms with Crippen LogP contribution in [0.15, 0.2) is 18.2 Å². The molecule has 0 spiro atoms. The third-order valence-electron chi connectivity index (χ3n) is 3.51. The van der Waals surface area contributed by atoms with Gasteiger partial charge in [-0.25, -0.2) is 0 Å². The number of hydrogen-bond donors (Lipinski definition) is 2. The van der Waals surface area contributed by atoms with E-state index in [0.717, 1.165) is 18.7 Å². The van der Waals surface area contributed by atoms with Crippen LogP contribution in [0, 0.1) is 11.3 Å². The molecular weight excluding hydrogens is 246 g/mol. The third kappa shape index (κ3) is 6.47. The van der Waals surface area contributed by atoms with Crippen LogP contribution >= 0.6 is 0 Å². The minimum absolute atomic E-state index is 0.629. The molecule has 0 unspecified atom stereocenters. The van der Waals surface area contributed by atoms with E-state index in [1.807, 2.05) is 12.1 Å². The summed E-state index contributed by atoms with van der Waals surface area (Å²) in [5, 5.41) is 12.4. The Kier molecular flexibility index (Phi) is 8.30. The maximum atomic E-state index is 9.04. The summed E-state index contributed by atoms with van der Waals surface area (Å²) in [6, 6.07) is 7.61. The summed E-state index contributed by atoms with van der Waals surface area (Å²) < 4.78 is 0. The van der Waals surface area contributed by atoms with Crippen molar-refractivity contribution in [2.45, 2.75) is 58.3 Å². The molecule has 3 N–H and O–H groups in total. The Hall–Kier alpha value is -1.69. The van der Waals surface area contributed by atoms with Crippen LogP contribution in [0.4, 0.5) is 11.4 Å². The Labute approximate surface area is 123 Å². The Morgan fingerprint density at radius 2 is 1.70 bits per heavy atom. The molecule has 0 aliphatic carbocycles. The molecule has 0 bridgehead atoms. The number of nitrogens with zero attached hydrogens (tertiary/aromatic N) is 1. The van der Waals surface area contributed by atoms with Gasteiger partial charge in [-0.2, -0.15) is 5.26 Å². The summed E-state index contributed by atoms with van der Waals surface area (Å²) in [7, 11) is 0. The number of nitrogens with two attached hydrogens (primary N) is 1. The number of hydrogen-bond acceptors (Lipinski definition) is 3. The first-order chi connectivity index (χ1) is 9.77. The Morgan fingerprint density at radius 3 is 2.35 bits per heavy atom. The van der Waals surface area contributed by atoms with Crippen molar-refractivity contribution in [2.24, 2.45) is 0 Å². The number of rotatable bonds is 10. The normalized spacial score (nSPS) is 10.2. The molecule has 0 amide bonds. The van der Waals surface area contributed by atoms with Gasteiger partial charge in [0.1, 0.15) is 6.07 Å². The van der Waals surface area contributed by atoms with E-state index in [9.17, 15) is 0 Å². The zero-order valence-electron chi connectivity index (χ0n) is 12.6. The fraction of sp³-hybridized carbons (Fsp3) is 0.588. The van der Waals surface area contributed by atoms with Crippen LogP contribution < -0.4 is 11.1 Å². The zero-order valence-corrected chi connectivity index (χ0v) is 12.6. The van der Waals surface area contributed by atoms with Crippen LogP contribution in [0.5, 0.6) is 0 Å². The van der Waals surface area contributed by atoms with E-state index < -0.39 is 0 Å². The SMILES string of the molecule is CCCCCCCCCCNc1ccc(N)cc1C#N. The summed E-state index contributed by atoms with van der Waals surface area (Å²) in [6.45, 7) is 3.17. The van der Waals surface area contributed by atoms with Crippen LogP contribution in [0.3, 0.4) is 0 Å². The van der Waals surface area contributed by atoms with Crippen molar-refractivity contribution in [1.29, 1.82) is 5.26 Å². The molecule has 0 fully saturated rings. The Bertz CT molecular complexity index is 421. The maximum absolute atomic E-state index is 9.04. The molecule has 0 atom stereocenters. The first-order valence-electron chi connectivity index (χ1n) is 7.81. The largest absolute Gasteiger partial charge is 0.399 e. The van der Waals surface area contributed by atoms with Crippen LogP contribution in [0.2, 0.25) is 0 Å². The number of nitriles is 1. The molecule has 1 aromatic rings. The highest BCUT2D eigenvalue weighted by atomic mass is 14.9. The predicted molar refractivity (Wildman–Crippen MR) is 86.7 cm³/mol. The van der Waals surface area contributed by atoms with E-state index in [1.165, 1.54) is 44.9 Å². The number of nitrogens with one attached hydrogen (secondary N) is 1. The molecule has 0 aliphatic rings. The highest BCUT2D eigenvalue weighted by Gasteiger charge is 2.01. The van der Waals surface area contributed by atoms with E-state index in [1.54, 1.807) is 6.07 Å². The molecule has 1 rings (SSSR count). The summed E-state index contributed by atoms with van der Waals surface area (Å²) in [5.41, 5.74) is 7.83. The average Bonchev–Trinajstić information content (AvgIpc) is 2.46. The number of unbranched alkanes of at least 4 members (excludes halogenated alkanes) is 7. The highest BCUT2D eigenvalue weighted by molar-refractivity contribution is 5.62.